The minimum Gasteiger partial charge on any atom is -0.756 e. The van der Waals surface area contributed by atoms with Crippen LogP contribution in [0.15, 0.2) is 29.4 Å². The van der Waals surface area contributed by atoms with E-state index in [1.165, 1.54) is 52.0 Å². The number of imidazole rings is 1. The Hall–Kier alpha value is -4.74. The van der Waals surface area contributed by atoms with Crippen LogP contribution in [0.4, 0.5) is 17.2 Å². The molecule has 0 saturated carbocycles. The summed E-state index contributed by atoms with van der Waals surface area (Å²) in [6.45, 7) is 0.852. The molecule has 1 aliphatic heterocycles. The molecule has 0 radical (unpaired) electrons. The van der Waals surface area contributed by atoms with Crippen LogP contribution < -0.4 is 54.8 Å². The van der Waals surface area contributed by atoms with Crippen molar-refractivity contribution in [2.75, 3.05) is 49.7 Å². The second-order valence-electron chi connectivity index (χ2n) is 18.8. The summed E-state index contributed by atoms with van der Waals surface area (Å²) in [5.74, 6) is -1.19. The van der Waals surface area contributed by atoms with Crippen LogP contribution in [-0.4, -0.2) is 130 Å². The fourth-order valence-electron chi connectivity index (χ4n) is 8.05. The second kappa shape index (κ2) is 34.1. The zero-order valence-electron chi connectivity index (χ0n) is 45.8. The molecule has 4 aromatic rings. The van der Waals surface area contributed by atoms with Gasteiger partial charge in [0.1, 0.15) is 36.3 Å². The number of unbranched alkanes of at least 4 members (excludes halogenated alkanes) is 12. The van der Waals surface area contributed by atoms with Crippen LogP contribution in [0.1, 0.15) is 116 Å². The number of nitrogens with two attached hydrogens (primary N) is 1. The number of carbonyl (C=O) groups is 3. The highest BCUT2D eigenvalue weighted by atomic mass is 32.2. The number of hydrogen-bond acceptors (Lipinski definition) is 27. The number of aliphatic hydroxyl groups excluding tert-OH is 2. The Morgan fingerprint density at radius 3 is 2.07 bits per heavy atom. The van der Waals surface area contributed by atoms with Crippen LogP contribution in [0, 0.1) is 15.5 Å². The molecule has 34 nitrogen and oxygen atoms in total. The number of aliphatic hydroxyl groups is 2. The molecular weight excluding hydrogens is 1160 g/mol. The lowest BCUT2D eigenvalue weighted by Gasteiger charge is -2.35. The first-order valence-corrected chi connectivity index (χ1v) is 30.4. The molecule has 20 N–H and O–H groups in total. The summed E-state index contributed by atoms with van der Waals surface area (Å²) in [4.78, 5) is 106. The average molecular weight is 1240 g/mol. The van der Waals surface area contributed by atoms with Gasteiger partial charge in [-0.25, -0.2) is 23.9 Å². The summed E-state index contributed by atoms with van der Waals surface area (Å²) >= 11 is 1.12. The number of benzene rings is 1. The van der Waals surface area contributed by atoms with Crippen LogP contribution in [0.5, 0.6) is 0 Å². The van der Waals surface area contributed by atoms with Crippen molar-refractivity contribution in [1.82, 2.24) is 58.9 Å². The monoisotopic (exact) mass is 1230 g/mol. The fraction of sp³-hybridized carbons (Fsp3) is 0.674. The number of anilines is 2. The number of carbonyl (C=O) groups excluding carboxylic acids is 3. The SMILES string of the molecule is CC(C)(COP(=O)([O-])OP(=O)([O-])OC[C@H]1O[C@@H](n2cnc3c(N)ncnc32)[C@H](O)[C@@H]1OP(=O)([O-])O)[C@@H](O)C(=O)NCCC(=O)NCCSC(=O)CCCCCCCCCCCCCCCNc1ccc([N+](=O)[O-])c2nonc12.[NH4+].[NH4+].[NH4+]. The lowest BCUT2D eigenvalue weighted by Crippen LogP contribution is -2.46. The third-order valence-corrected chi connectivity index (χ3v) is 16.2. The third-order valence-electron chi connectivity index (χ3n) is 12.2. The van der Waals surface area contributed by atoms with Crippen molar-refractivity contribution in [3.8, 4) is 0 Å². The van der Waals surface area contributed by atoms with E-state index in [1.807, 2.05) is 0 Å². The van der Waals surface area contributed by atoms with Crippen molar-refractivity contribution in [2.45, 2.75) is 141 Å². The quantitative estimate of drug-likeness (QED) is 0.0132. The number of fused-ring (bicyclic) bond motifs is 2. The van der Waals surface area contributed by atoms with Crippen molar-refractivity contribution in [3.63, 3.8) is 0 Å². The molecule has 3 unspecified atom stereocenters. The van der Waals surface area contributed by atoms with E-state index < -0.39 is 89.5 Å². The molecule has 3 aromatic heterocycles. The number of amides is 2. The Morgan fingerprint density at radius 1 is 0.840 bits per heavy atom. The van der Waals surface area contributed by atoms with Crippen molar-refractivity contribution in [1.29, 1.82) is 0 Å². The van der Waals surface area contributed by atoms with Gasteiger partial charge >= 0.3 is 5.69 Å². The number of phosphoric ester groups is 3. The summed E-state index contributed by atoms with van der Waals surface area (Å²) in [6, 6.07) is 3.02. The van der Waals surface area contributed by atoms with Crippen LogP contribution in [0.25, 0.3) is 22.2 Å². The molecule has 38 heteroatoms. The van der Waals surface area contributed by atoms with Crippen LogP contribution in [0.2, 0.25) is 0 Å². The van der Waals surface area contributed by atoms with Gasteiger partial charge in [0.25, 0.3) is 23.5 Å². The number of nitrogens with zero attached hydrogens (tertiary/aromatic N) is 7. The summed E-state index contributed by atoms with van der Waals surface area (Å²) in [7, 11) is -17.4. The standard InChI is InChI=1S/C43H68N11O20P3S.3H3N/c1-43(2,25-70-77(67,68)74-76(65,66)69-24-30-37(72-75(62,63)64)36(57)42(71-30)53-27-50-35-39(44)48-26-49-40(35)53)38(58)41(59)47-21-19-31(55)46-22-23-78-32(56)16-14-12-10-8-6-4-3-5-7-9-11-13-15-20-45-28-17-18-29(54(60)61)34-33(28)51-73-52-34;;;/h17-18,26-27,30,36-38,42,45,57-58H,3-16,19-25H2,1-2H3,(H,46,55)(H,47,59)(H,65,66)(H,67,68)(H2,44,48,49)(H2,62,63,64);3*1H3/t30-,36-,37-,38+,42-;;;/m1.../s1. The molecule has 460 valence electrons. The van der Waals surface area contributed by atoms with E-state index >= 15 is 0 Å². The number of nitrogens with one attached hydrogen (secondary N) is 3. The van der Waals surface area contributed by atoms with Crippen LogP contribution in [-0.2, 0) is 50.7 Å². The third kappa shape index (κ3) is 23.4. The molecular formula is C43H77N14O20P3S. The van der Waals surface area contributed by atoms with Gasteiger partial charge in [-0.15, -0.1) is 0 Å². The molecule has 2 amide bonds. The number of nitro benzene ring substituents is 1. The number of nitro groups is 1. The maximum atomic E-state index is 12.7. The zero-order chi connectivity index (χ0) is 57.1. The van der Waals surface area contributed by atoms with Gasteiger partial charge in [0.15, 0.2) is 28.3 Å². The van der Waals surface area contributed by atoms with E-state index in [-0.39, 0.29) is 71.3 Å². The Labute approximate surface area is 469 Å². The van der Waals surface area contributed by atoms with E-state index in [4.69, 9.17) is 15.1 Å². The molecule has 1 saturated heterocycles. The van der Waals surface area contributed by atoms with Gasteiger partial charge in [0.2, 0.25) is 17.3 Å². The number of non-ortho nitro benzene ring substituents is 1. The number of thioether (sulfide) groups is 1. The van der Waals surface area contributed by atoms with Gasteiger partial charge in [-0.1, -0.05) is 96.2 Å². The zero-order valence-corrected chi connectivity index (χ0v) is 49.3. The first-order chi connectivity index (χ1) is 36.9. The molecule has 1 fully saturated rings. The van der Waals surface area contributed by atoms with Gasteiger partial charge in [0.05, 0.1) is 30.2 Å². The van der Waals surface area contributed by atoms with Gasteiger partial charge < -0.3 is 88.2 Å². The van der Waals surface area contributed by atoms with E-state index in [1.54, 1.807) is 6.07 Å². The maximum absolute atomic E-state index is 12.7. The highest BCUT2D eigenvalue weighted by Crippen LogP contribution is 2.56. The van der Waals surface area contributed by atoms with E-state index in [9.17, 15) is 68.0 Å². The van der Waals surface area contributed by atoms with Crippen molar-refractivity contribution in [3.05, 3.63) is 34.9 Å². The van der Waals surface area contributed by atoms with E-state index in [0.29, 0.717) is 23.4 Å². The predicted octanol–water partition coefficient (Wildman–Crippen LogP) is 3.92. The van der Waals surface area contributed by atoms with Gasteiger partial charge in [-0.2, -0.15) is 0 Å². The summed E-state index contributed by atoms with van der Waals surface area (Å²) in [5, 5.41) is 48.4. The van der Waals surface area contributed by atoms with Gasteiger partial charge in [-0.05, 0) is 29.2 Å². The molecule has 0 bridgehead atoms. The first-order valence-electron chi connectivity index (χ1n) is 25.0. The lowest BCUT2D eigenvalue weighted by molar-refractivity contribution is -0.383. The summed E-state index contributed by atoms with van der Waals surface area (Å²) in [5.41, 5.74) is 5.11. The van der Waals surface area contributed by atoms with Gasteiger partial charge in [0, 0.05) is 49.7 Å². The molecule has 5 rings (SSSR count). The topological polar surface area (TPSA) is 576 Å². The van der Waals surface area contributed by atoms with Crippen molar-refractivity contribution >= 4 is 91.5 Å². The number of hydrogen-bond donors (Lipinski definition) is 10. The molecule has 1 aliphatic rings. The average Bonchev–Trinajstić information content (AvgIpc) is 4.11. The van der Waals surface area contributed by atoms with E-state index in [2.05, 4.69) is 59.1 Å². The van der Waals surface area contributed by atoms with E-state index in [0.717, 1.165) is 86.9 Å². The highest BCUT2D eigenvalue weighted by Gasteiger charge is 2.48. The number of quaternary nitrogens is 3. The van der Waals surface area contributed by atoms with Crippen LogP contribution >= 0.6 is 35.2 Å². The largest absolute Gasteiger partial charge is 0.756 e. The molecule has 4 heterocycles. The molecule has 0 spiro atoms. The highest BCUT2D eigenvalue weighted by molar-refractivity contribution is 8.13. The molecule has 8 atom stereocenters. The number of phosphoric acid groups is 3. The second-order valence-corrected chi connectivity index (χ2v) is 24.1. The number of nitrogen functional groups attached to an aromatic ring is 1. The molecule has 1 aromatic carbocycles. The minimum absolute atomic E-state index is 0. The lowest BCUT2D eigenvalue weighted by atomic mass is 9.87. The van der Waals surface area contributed by atoms with Crippen molar-refractivity contribution in [2.24, 2.45) is 5.41 Å². The summed E-state index contributed by atoms with van der Waals surface area (Å²) < 4.78 is 65.9. The molecule has 0 aliphatic carbocycles. The summed E-state index contributed by atoms with van der Waals surface area (Å²) in [6.07, 6.45) is 7.18. The van der Waals surface area contributed by atoms with Crippen LogP contribution in [0.3, 0.4) is 0 Å². The predicted molar refractivity (Wildman–Crippen MR) is 290 cm³/mol. The first kappa shape index (κ1) is 72.4. The Balaban J connectivity index is 0.00000747. The maximum Gasteiger partial charge on any atom is 0.300 e. The normalized spacial score (nSPS) is 18.8. The Morgan fingerprint density at radius 2 is 1.44 bits per heavy atom. The number of rotatable bonds is 37. The van der Waals surface area contributed by atoms with Crippen molar-refractivity contribution < 1.29 is 90.0 Å². The van der Waals surface area contributed by atoms with Gasteiger partial charge in [-0.3, -0.25) is 42.8 Å². The number of ether oxygens (including phenoxy) is 1. The fourth-order valence-corrected chi connectivity index (χ4v) is 11.5. The minimum atomic E-state index is -5.92. The molecule has 81 heavy (non-hydrogen) atoms. The number of aromatic nitrogens is 6. The Bertz CT molecular complexity index is 2780. The Kier molecular flexibility index (Phi) is 30.5. The smallest absolute Gasteiger partial charge is 0.300 e.